The monoisotopic (exact) mass is 449 g/mol. The van der Waals surface area contributed by atoms with Crippen LogP contribution in [0.2, 0.25) is 0 Å². The molecule has 168 valence electrons. The number of nitrogens with zero attached hydrogens (tertiary/aromatic N) is 6. The number of benzene rings is 1. The number of nitrogen functional groups attached to an aromatic ring is 1. The zero-order valence-corrected chi connectivity index (χ0v) is 18.5. The topological polar surface area (TPSA) is 94.5 Å². The first-order chi connectivity index (χ1) is 16.8. The minimum absolute atomic E-state index is 0.469. The molecule has 4 aromatic heterocycles. The van der Waals surface area contributed by atoms with E-state index < -0.39 is 0 Å². The molecular weight excluding hydrogens is 426 g/mol. The number of nitrogens with two attached hydrogens (primary N) is 1. The van der Waals surface area contributed by atoms with Crippen LogP contribution < -0.4 is 10.6 Å². The van der Waals surface area contributed by atoms with Crippen molar-refractivity contribution in [2.75, 3.05) is 36.9 Å². The summed E-state index contributed by atoms with van der Waals surface area (Å²) in [5, 5.41) is 5.75. The molecule has 2 N–H and O–H groups in total. The number of fused-ring (bicyclic) bond motifs is 2. The lowest BCUT2D eigenvalue weighted by Crippen LogP contribution is -2.36. The lowest BCUT2D eigenvalue weighted by Gasteiger charge is -2.28. The molecule has 1 aromatic carbocycles. The van der Waals surface area contributed by atoms with E-state index in [1.807, 2.05) is 59.3 Å². The largest absolute Gasteiger partial charge is 0.384 e. The Labute approximate surface area is 196 Å². The van der Waals surface area contributed by atoms with Crippen LogP contribution in [-0.2, 0) is 4.74 Å². The number of rotatable bonds is 4. The van der Waals surface area contributed by atoms with Gasteiger partial charge in [-0.3, -0.25) is 0 Å². The van der Waals surface area contributed by atoms with Crippen LogP contribution in [0.1, 0.15) is 11.4 Å². The maximum atomic E-state index is 5.84. The number of imidazole rings is 1. The average molecular weight is 450 g/mol. The van der Waals surface area contributed by atoms with Gasteiger partial charge >= 0.3 is 0 Å². The van der Waals surface area contributed by atoms with Crippen molar-refractivity contribution in [2.45, 2.75) is 0 Å². The van der Waals surface area contributed by atoms with E-state index >= 15 is 0 Å². The van der Waals surface area contributed by atoms with Crippen molar-refractivity contribution in [3.63, 3.8) is 0 Å². The van der Waals surface area contributed by atoms with Crippen LogP contribution in [0.15, 0.2) is 67.0 Å². The summed E-state index contributed by atoms with van der Waals surface area (Å²) in [6.07, 6.45) is 7.54. The Kier molecular flexibility index (Phi) is 5.12. The van der Waals surface area contributed by atoms with Gasteiger partial charge in [-0.25, -0.2) is 19.5 Å². The molecule has 1 saturated heterocycles. The highest BCUT2D eigenvalue weighted by molar-refractivity contribution is 5.84. The molecule has 5 aromatic rings. The molecule has 8 nitrogen and oxygen atoms in total. The Morgan fingerprint density at radius 1 is 0.912 bits per heavy atom. The highest BCUT2D eigenvalue weighted by atomic mass is 16.5. The van der Waals surface area contributed by atoms with Crippen molar-refractivity contribution in [3.05, 3.63) is 78.4 Å². The molecule has 1 fully saturated rings. The number of pyridine rings is 2. The quantitative estimate of drug-likeness (QED) is 0.444. The van der Waals surface area contributed by atoms with Crippen molar-refractivity contribution < 1.29 is 4.74 Å². The number of anilines is 2. The fourth-order valence-corrected chi connectivity index (χ4v) is 4.27. The normalized spacial score (nSPS) is 14.4. The molecule has 0 radical (unpaired) electrons. The van der Waals surface area contributed by atoms with Gasteiger partial charge in [-0.05, 0) is 42.5 Å². The van der Waals surface area contributed by atoms with Crippen LogP contribution in [0.5, 0.6) is 0 Å². The molecule has 1 aliphatic heterocycles. The van der Waals surface area contributed by atoms with Gasteiger partial charge in [0.2, 0.25) is 0 Å². The Hall–Kier alpha value is -4.30. The zero-order chi connectivity index (χ0) is 22.9. The Morgan fingerprint density at radius 3 is 2.65 bits per heavy atom. The minimum atomic E-state index is 0.469. The smallest absolute Gasteiger partial charge is 0.178 e. The lowest BCUT2D eigenvalue weighted by atomic mass is 10.1. The molecule has 0 saturated carbocycles. The van der Waals surface area contributed by atoms with Crippen LogP contribution in [-0.4, -0.2) is 50.9 Å². The van der Waals surface area contributed by atoms with Crippen LogP contribution in [0, 0.1) is 0 Å². The van der Waals surface area contributed by atoms with Gasteiger partial charge < -0.3 is 15.4 Å². The summed E-state index contributed by atoms with van der Waals surface area (Å²) in [7, 11) is 0. The molecular formula is C26H23N7O. The second-order valence-corrected chi connectivity index (χ2v) is 8.13. The zero-order valence-electron chi connectivity index (χ0n) is 18.5. The van der Waals surface area contributed by atoms with E-state index in [0.717, 1.165) is 58.0 Å². The molecule has 6 rings (SSSR count). The average Bonchev–Trinajstić information content (AvgIpc) is 3.27. The van der Waals surface area contributed by atoms with Crippen LogP contribution in [0.4, 0.5) is 11.5 Å². The third kappa shape index (κ3) is 3.74. The summed E-state index contributed by atoms with van der Waals surface area (Å²) in [6.45, 7) is 3.03. The molecule has 0 aliphatic carbocycles. The fourth-order valence-electron chi connectivity index (χ4n) is 4.27. The first-order valence-corrected chi connectivity index (χ1v) is 11.2. The van der Waals surface area contributed by atoms with Gasteiger partial charge in [0.05, 0.1) is 42.0 Å². The van der Waals surface area contributed by atoms with Crippen molar-refractivity contribution in [1.29, 1.82) is 0 Å². The Balaban J connectivity index is 1.49. The molecule has 0 unspecified atom stereocenters. The molecule has 0 amide bonds. The summed E-state index contributed by atoms with van der Waals surface area (Å²) < 4.78 is 7.42. The lowest BCUT2D eigenvalue weighted by molar-refractivity contribution is 0.123. The van der Waals surface area contributed by atoms with Gasteiger partial charge in [0.25, 0.3) is 0 Å². The van der Waals surface area contributed by atoms with E-state index in [0.29, 0.717) is 19.0 Å². The molecule has 5 heterocycles. The summed E-state index contributed by atoms with van der Waals surface area (Å²) >= 11 is 0. The van der Waals surface area contributed by atoms with Crippen LogP contribution >= 0.6 is 0 Å². The van der Waals surface area contributed by atoms with Gasteiger partial charge in [0.1, 0.15) is 11.5 Å². The predicted octanol–water partition coefficient (Wildman–Crippen LogP) is 3.93. The first kappa shape index (κ1) is 20.3. The third-order valence-corrected chi connectivity index (χ3v) is 5.97. The Bertz CT molecular complexity index is 1500. The summed E-state index contributed by atoms with van der Waals surface area (Å²) in [4.78, 5) is 16.4. The summed E-state index contributed by atoms with van der Waals surface area (Å²) in [5.74, 6) is 0.469. The van der Waals surface area contributed by atoms with Gasteiger partial charge in [-0.2, -0.15) is 5.10 Å². The minimum Gasteiger partial charge on any atom is -0.384 e. The molecule has 0 spiro atoms. The first-order valence-electron chi connectivity index (χ1n) is 11.2. The predicted molar refractivity (Wildman–Crippen MR) is 134 cm³/mol. The molecule has 1 aliphatic rings. The van der Waals surface area contributed by atoms with Crippen LogP contribution in [0.25, 0.3) is 40.0 Å². The SMILES string of the molecule is Nc1ccc(-c2c(/C=C/c3ccc4ccccc4n3)nc3c(N4CCOCC4)ccnn23)cn1. The summed E-state index contributed by atoms with van der Waals surface area (Å²) in [6, 6.07) is 17.9. The second-order valence-electron chi connectivity index (χ2n) is 8.13. The fraction of sp³-hybridized carbons (Fsp3) is 0.154. The van der Waals surface area contributed by atoms with Gasteiger partial charge in [0, 0.05) is 30.2 Å². The van der Waals surface area contributed by atoms with Crippen molar-refractivity contribution in [3.8, 4) is 11.3 Å². The standard InChI is InChI=1S/C26H23N7O/c27-24-10-6-19(17-28-24)25-22(9-8-20-7-5-18-3-1-2-4-21(18)30-20)31-26-23(11-12-29-33(25)26)32-13-15-34-16-14-32/h1-12,17H,13-16H2,(H2,27,28)/b9-8+. The van der Waals surface area contributed by atoms with Gasteiger partial charge in [0.15, 0.2) is 5.65 Å². The molecule has 0 atom stereocenters. The van der Waals surface area contributed by atoms with E-state index in [4.69, 9.17) is 20.4 Å². The van der Waals surface area contributed by atoms with E-state index in [2.05, 4.69) is 27.1 Å². The summed E-state index contributed by atoms with van der Waals surface area (Å²) in [5.41, 5.74) is 12.0. The highest BCUT2D eigenvalue weighted by Gasteiger charge is 2.20. The third-order valence-electron chi connectivity index (χ3n) is 5.97. The van der Waals surface area contributed by atoms with Crippen molar-refractivity contribution >= 4 is 40.2 Å². The van der Waals surface area contributed by atoms with Crippen molar-refractivity contribution in [1.82, 2.24) is 24.6 Å². The second kappa shape index (κ2) is 8.57. The maximum absolute atomic E-state index is 5.84. The number of hydrogen-bond acceptors (Lipinski definition) is 7. The van der Waals surface area contributed by atoms with Gasteiger partial charge in [-0.15, -0.1) is 0 Å². The molecule has 34 heavy (non-hydrogen) atoms. The number of aromatic nitrogens is 5. The number of morpholine rings is 1. The molecule has 8 heteroatoms. The van der Waals surface area contributed by atoms with Gasteiger partial charge in [-0.1, -0.05) is 24.3 Å². The van der Waals surface area contributed by atoms with Crippen molar-refractivity contribution in [2.24, 2.45) is 0 Å². The van der Waals surface area contributed by atoms with E-state index in [1.165, 1.54) is 0 Å². The number of ether oxygens (including phenoxy) is 1. The molecule has 0 bridgehead atoms. The highest BCUT2D eigenvalue weighted by Crippen LogP contribution is 2.30. The van der Waals surface area contributed by atoms with E-state index in [-0.39, 0.29) is 0 Å². The maximum Gasteiger partial charge on any atom is 0.178 e. The number of hydrogen-bond donors (Lipinski definition) is 1. The van der Waals surface area contributed by atoms with Crippen LogP contribution in [0.3, 0.4) is 0 Å². The Morgan fingerprint density at radius 2 is 1.79 bits per heavy atom. The van der Waals surface area contributed by atoms with E-state index in [1.54, 1.807) is 12.3 Å². The van der Waals surface area contributed by atoms with E-state index in [9.17, 15) is 0 Å². The number of para-hydroxylation sites is 1.